The van der Waals surface area contributed by atoms with Crippen molar-refractivity contribution in [1.82, 2.24) is 0 Å². The molecule has 0 aliphatic rings. The van der Waals surface area contributed by atoms with Gasteiger partial charge in [0.05, 0.1) is 0 Å². The number of ether oxygens (including phenoxy) is 1. The van der Waals surface area contributed by atoms with Gasteiger partial charge in [0.2, 0.25) is 0 Å². The summed E-state index contributed by atoms with van der Waals surface area (Å²) in [6.07, 6.45) is 0. The van der Waals surface area contributed by atoms with Gasteiger partial charge in [-0.25, -0.2) is 0 Å². The molecule has 0 unspecified atom stereocenters. The molecule has 4 aromatic rings. The lowest BCUT2D eigenvalue weighted by molar-refractivity contribution is 0.102. The van der Waals surface area contributed by atoms with Crippen LogP contribution in [0.25, 0.3) is 22.3 Å². The van der Waals surface area contributed by atoms with Gasteiger partial charge in [-0.05, 0) is 70.8 Å². The van der Waals surface area contributed by atoms with Crippen LogP contribution in [0.2, 0.25) is 0 Å². The van der Waals surface area contributed by atoms with E-state index in [1.54, 1.807) is 17.4 Å². The van der Waals surface area contributed by atoms with E-state index in [-0.39, 0.29) is 5.91 Å². The van der Waals surface area contributed by atoms with E-state index in [0.717, 1.165) is 33.7 Å². The summed E-state index contributed by atoms with van der Waals surface area (Å²) >= 11 is 1.60. The maximum Gasteiger partial charge on any atom is 0.255 e. The van der Waals surface area contributed by atoms with Gasteiger partial charge in [-0.1, -0.05) is 42.0 Å². The van der Waals surface area contributed by atoms with Crippen molar-refractivity contribution in [2.24, 2.45) is 5.73 Å². The Morgan fingerprint density at radius 3 is 2.55 bits per heavy atom. The number of nitrogens with one attached hydrogen (secondary N) is 1. The number of carbonyl (C=O) groups is 1. The Bertz CT molecular complexity index is 1170. The van der Waals surface area contributed by atoms with Gasteiger partial charge < -0.3 is 15.8 Å². The number of hydrogen-bond acceptors (Lipinski definition) is 4. The second kappa shape index (κ2) is 9.60. The summed E-state index contributed by atoms with van der Waals surface area (Å²) in [7, 11) is 0. The van der Waals surface area contributed by atoms with Crippen molar-refractivity contribution >= 4 is 22.9 Å². The van der Waals surface area contributed by atoms with Gasteiger partial charge in [-0.2, -0.15) is 11.3 Å². The molecule has 0 aliphatic carbocycles. The van der Waals surface area contributed by atoms with Gasteiger partial charge in [-0.3, -0.25) is 4.79 Å². The molecular weight excluding hydrogens is 404 g/mol. The summed E-state index contributed by atoms with van der Waals surface area (Å²) in [5.74, 6) is 0.560. The second-order valence-corrected chi connectivity index (χ2v) is 8.04. The molecule has 0 saturated carbocycles. The minimum absolute atomic E-state index is 0.164. The number of aryl methyl sites for hydroxylation is 1. The molecule has 0 atom stereocenters. The van der Waals surface area contributed by atoms with Crippen LogP contribution in [-0.2, 0) is 0 Å². The van der Waals surface area contributed by atoms with Crippen molar-refractivity contribution in [2.45, 2.75) is 6.92 Å². The molecule has 0 saturated heterocycles. The van der Waals surface area contributed by atoms with Crippen LogP contribution in [0.5, 0.6) is 5.75 Å². The Kier molecular flexibility index (Phi) is 6.46. The summed E-state index contributed by atoms with van der Waals surface area (Å²) in [6, 6.07) is 23.7. The summed E-state index contributed by atoms with van der Waals surface area (Å²) in [4.78, 5) is 13.0. The summed E-state index contributed by atoms with van der Waals surface area (Å²) in [5, 5.41) is 7.06. The van der Waals surface area contributed by atoms with Gasteiger partial charge >= 0.3 is 0 Å². The predicted octanol–water partition coefficient (Wildman–Crippen LogP) is 5.98. The van der Waals surface area contributed by atoms with Crippen LogP contribution in [0.3, 0.4) is 0 Å². The maximum atomic E-state index is 13.0. The molecule has 0 aliphatic heterocycles. The van der Waals surface area contributed by atoms with Crippen LogP contribution in [0, 0.1) is 6.92 Å². The maximum absolute atomic E-state index is 13.0. The zero-order chi connectivity index (χ0) is 21.6. The van der Waals surface area contributed by atoms with E-state index in [2.05, 4.69) is 36.5 Å². The average Bonchev–Trinajstić information content (AvgIpc) is 3.33. The highest BCUT2D eigenvalue weighted by atomic mass is 32.1. The first kappa shape index (κ1) is 20.8. The Hall–Kier alpha value is -3.41. The zero-order valence-electron chi connectivity index (χ0n) is 17.3. The molecule has 3 N–H and O–H groups in total. The van der Waals surface area contributed by atoms with Crippen molar-refractivity contribution in [3.05, 3.63) is 94.7 Å². The molecule has 4 rings (SSSR count). The van der Waals surface area contributed by atoms with Gasteiger partial charge in [0.25, 0.3) is 5.91 Å². The molecule has 31 heavy (non-hydrogen) atoms. The molecular formula is C26H24N2O2S. The van der Waals surface area contributed by atoms with Crippen LogP contribution in [0.15, 0.2) is 83.6 Å². The SMILES string of the molecule is Cc1ccc(-c2cccc(NC(=O)c3ccc(OCCN)c(-c4ccsc4)c3)c2)cc1. The van der Waals surface area contributed by atoms with Gasteiger partial charge in [0.1, 0.15) is 12.4 Å². The first-order valence-corrected chi connectivity index (χ1v) is 11.1. The van der Waals surface area contributed by atoms with Crippen LogP contribution in [0.1, 0.15) is 15.9 Å². The number of carbonyl (C=O) groups excluding carboxylic acids is 1. The third-order valence-corrected chi connectivity index (χ3v) is 5.64. The Morgan fingerprint density at radius 2 is 1.81 bits per heavy atom. The summed E-state index contributed by atoms with van der Waals surface area (Å²) in [6.45, 7) is 2.92. The fraction of sp³-hybridized carbons (Fsp3) is 0.115. The first-order chi connectivity index (χ1) is 15.1. The number of amides is 1. The Morgan fingerprint density at radius 1 is 0.968 bits per heavy atom. The molecule has 0 fully saturated rings. The van der Waals surface area contributed by atoms with Crippen LogP contribution in [0.4, 0.5) is 5.69 Å². The van der Waals surface area contributed by atoms with Crippen molar-refractivity contribution in [1.29, 1.82) is 0 Å². The minimum Gasteiger partial charge on any atom is -0.492 e. The summed E-state index contributed by atoms with van der Waals surface area (Å²) in [5.41, 5.74) is 12.2. The van der Waals surface area contributed by atoms with E-state index in [1.165, 1.54) is 5.56 Å². The highest BCUT2D eigenvalue weighted by Crippen LogP contribution is 2.33. The van der Waals surface area contributed by atoms with E-state index in [4.69, 9.17) is 10.5 Å². The molecule has 1 aromatic heterocycles. The highest BCUT2D eigenvalue weighted by molar-refractivity contribution is 7.08. The van der Waals surface area contributed by atoms with Crippen molar-refractivity contribution < 1.29 is 9.53 Å². The minimum atomic E-state index is -0.164. The monoisotopic (exact) mass is 428 g/mol. The Labute approximate surface area is 186 Å². The summed E-state index contributed by atoms with van der Waals surface area (Å²) < 4.78 is 5.78. The normalized spacial score (nSPS) is 10.6. The second-order valence-electron chi connectivity index (χ2n) is 7.26. The molecule has 1 heterocycles. The van der Waals surface area contributed by atoms with E-state index in [0.29, 0.717) is 18.7 Å². The smallest absolute Gasteiger partial charge is 0.255 e. The molecule has 1 amide bonds. The van der Waals surface area contributed by atoms with E-state index in [9.17, 15) is 4.79 Å². The molecule has 156 valence electrons. The van der Waals surface area contributed by atoms with Crippen LogP contribution >= 0.6 is 11.3 Å². The molecule has 0 spiro atoms. The number of anilines is 1. The highest BCUT2D eigenvalue weighted by Gasteiger charge is 2.13. The fourth-order valence-electron chi connectivity index (χ4n) is 3.34. The number of nitrogens with two attached hydrogens (primary N) is 1. The predicted molar refractivity (Wildman–Crippen MR) is 129 cm³/mol. The van der Waals surface area contributed by atoms with E-state index in [1.807, 2.05) is 53.2 Å². The third-order valence-electron chi connectivity index (χ3n) is 4.95. The van der Waals surface area contributed by atoms with Gasteiger partial charge in [0.15, 0.2) is 0 Å². The largest absolute Gasteiger partial charge is 0.492 e. The number of rotatable bonds is 7. The van der Waals surface area contributed by atoms with Gasteiger partial charge in [0, 0.05) is 23.4 Å². The van der Waals surface area contributed by atoms with Crippen LogP contribution < -0.4 is 15.8 Å². The zero-order valence-corrected chi connectivity index (χ0v) is 18.1. The van der Waals surface area contributed by atoms with Gasteiger partial charge in [-0.15, -0.1) is 0 Å². The average molecular weight is 429 g/mol. The molecule has 4 nitrogen and oxygen atoms in total. The number of thiophene rings is 1. The van der Waals surface area contributed by atoms with Crippen LogP contribution in [-0.4, -0.2) is 19.1 Å². The standard InChI is InChI=1S/C26H24N2O2S/c1-18-5-7-19(8-6-18)20-3-2-4-23(15-20)28-26(29)21-9-10-25(30-13-12-27)24(16-21)22-11-14-31-17-22/h2-11,14-17H,12-13,27H2,1H3,(H,28,29). The van der Waals surface area contributed by atoms with E-state index < -0.39 is 0 Å². The lowest BCUT2D eigenvalue weighted by atomic mass is 10.0. The Balaban J connectivity index is 1.58. The first-order valence-electron chi connectivity index (χ1n) is 10.1. The lowest BCUT2D eigenvalue weighted by Gasteiger charge is -2.13. The third kappa shape index (κ3) is 5.02. The van der Waals surface area contributed by atoms with Crippen molar-refractivity contribution in [3.8, 4) is 28.0 Å². The topological polar surface area (TPSA) is 64.3 Å². The lowest BCUT2D eigenvalue weighted by Crippen LogP contribution is -2.13. The fourth-order valence-corrected chi connectivity index (χ4v) is 3.99. The number of hydrogen-bond donors (Lipinski definition) is 2. The molecule has 0 bridgehead atoms. The van der Waals surface area contributed by atoms with E-state index >= 15 is 0 Å². The van der Waals surface area contributed by atoms with Crippen molar-refractivity contribution in [3.63, 3.8) is 0 Å². The molecule has 0 radical (unpaired) electrons. The number of benzene rings is 3. The molecule has 3 aromatic carbocycles. The molecule has 5 heteroatoms. The quantitative estimate of drug-likeness (QED) is 0.381. The van der Waals surface area contributed by atoms with Crippen molar-refractivity contribution in [2.75, 3.05) is 18.5 Å².